The van der Waals surface area contributed by atoms with Crippen molar-refractivity contribution in [1.29, 1.82) is 0 Å². The van der Waals surface area contributed by atoms with Crippen LogP contribution in [0.3, 0.4) is 0 Å². The topological polar surface area (TPSA) is 96.0 Å². The molecule has 4 rings (SSSR count). The van der Waals surface area contributed by atoms with Crippen LogP contribution in [0.1, 0.15) is 50.2 Å². The second kappa shape index (κ2) is 14.1. The normalized spacial score (nSPS) is 14.3. The van der Waals surface area contributed by atoms with Crippen LogP contribution in [0.2, 0.25) is 5.02 Å². The van der Waals surface area contributed by atoms with Gasteiger partial charge in [-0.1, -0.05) is 61.7 Å². The summed E-state index contributed by atoms with van der Waals surface area (Å²) >= 11 is 6.26. The predicted molar refractivity (Wildman–Crippen MR) is 165 cm³/mol. The average molecular weight is 612 g/mol. The Bertz CT molecular complexity index is 1490. The zero-order chi connectivity index (χ0) is 30.3. The Kier molecular flexibility index (Phi) is 10.5. The van der Waals surface area contributed by atoms with E-state index in [1.54, 1.807) is 30.3 Å². The van der Waals surface area contributed by atoms with E-state index in [2.05, 4.69) is 5.32 Å². The Morgan fingerprint density at radius 1 is 1.02 bits per heavy atom. The summed E-state index contributed by atoms with van der Waals surface area (Å²) in [4.78, 5) is 29.3. The second-order valence-corrected chi connectivity index (χ2v) is 12.8. The first-order chi connectivity index (χ1) is 20.1. The zero-order valence-electron chi connectivity index (χ0n) is 24.3. The highest BCUT2D eigenvalue weighted by molar-refractivity contribution is 7.92. The molecule has 1 atom stereocenters. The summed E-state index contributed by atoms with van der Waals surface area (Å²) in [6, 6.07) is 19.3. The summed E-state index contributed by atoms with van der Waals surface area (Å²) in [6.07, 6.45) is 4.32. The Hall–Kier alpha value is -3.56. The van der Waals surface area contributed by atoms with Gasteiger partial charge < -0.3 is 15.0 Å². The Balaban J connectivity index is 1.72. The number of anilines is 1. The van der Waals surface area contributed by atoms with Crippen LogP contribution in [0.4, 0.5) is 5.69 Å². The standard InChI is InChI=1S/C32H38ClN3O5S/c1-4-30(32(38)34-26-13-7-8-14-26)35(21-24-11-6-5-10-23(24)2)31(37)22-36(27-15-9-12-25(33)20-27)42(39,40)29-18-16-28(41-3)17-19-29/h5-6,9-12,15-20,26,30H,4,7-8,13-14,21-22H2,1-3H3,(H,34,38)/t30-/m0/s1. The highest BCUT2D eigenvalue weighted by atomic mass is 35.5. The van der Waals surface area contributed by atoms with Crippen molar-refractivity contribution in [2.45, 2.75) is 69.5 Å². The summed E-state index contributed by atoms with van der Waals surface area (Å²) < 4.78 is 34.3. The van der Waals surface area contributed by atoms with E-state index in [9.17, 15) is 18.0 Å². The van der Waals surface area contributed by atoms with E-state index < -0.39 is 28.5 Å². The molecule has 3 aromatic carbocycles. The number of carbonyl (C=O) groups excluding carboxylic acids is 2. The number of amides is 2. The number of nitrogens with one attached hydrogen (secondary N) is 1. The lowest BCUT2D eigenvalue weighted by molar-refractivity contribution is -0.140. The molecule has 10 heteroatoms. The third-order valence-electron chi connectivity index (χ3n) is 7.71. The van der Waals surface area contributed by atoms with Gasteiger partial charge in [0.15, 0.2) is 0 Å². The fraction of sp³-hybridized carbons (Fsp3) is 0.375. The molecule has 42 heavy (non-hydrogen) atoms. The maximum Gasteiger partial charge on any atom is 0.264 e. The molecule has 1 aliphatic rings. The first-order valence-electron chi connectivity index (χ1n) is 14.2. The quantitative estimate of drug-likeness (QED) is 0.283. The van der Waals surface area contributed by atoms with Crippen LogP contribution in [-0.2, 0) is 26.2 Å². The third kappa shape index (κ3) is 7.44. The minimum Gasteiger partial charge on any atom is -0.497 e. The van der Waals surface area contributed by atoms with Gasteiger partial charge in [0, 0.05) is 17.6 Å². The van der Waals surface area contributed by atoms with Crippen molar-refractivity contribution >= 4 is 39.1 Å². The fourth-order valence-corrected chi connectivity index (χ4v) is 6.88. The Morgan fingerprint density at radius 2 is 1.71 bits per heavy atom. The van der Waals surface area contributed by atoms with Crippen LogP contribution in [0, 0.1) is 6.92 Å². The van der Waals surface area contributed by atoms with Gasteiger partial charge in [-0.25, -0.2) is 8.42 Å². The molecule has 0 spiro atoms. The molecule has 8 nitrogen and oxygen atoms in total. The molecule has 1 fully saturated rings. The van der Waals surface area contributed by atoms with Gasteiger partial charge in [0.2, 0.25) is 11.8 Å². The fourth-order valence-electron chi connectivity index (χ4n) is 5.29. The maximum absolute atomic E-state index is 14.2. The number of ether oxygens (including phenoxy) is 1. The van der Waals surface area contributed by atoms with Crippen LogP contribution in [0.25, 0.3) is 0 Å². The van der Waals surface area contributed by atoms with Gasteiger partial charge in [-0.05, 0) is 79.8 Å². The lowest BCUT2D eigenvalue weighted by atomic mass is 10.1. The van der Waals surface area contributed by atoms with Gasteiger partial charge in [-0.2, -0.15) is 0 Å². The molecule has 3 aromatic rings. The molecule has 0 saturated heterocycles. The van der Waals surface area contributed by atoms with E-state index in [-0.39, 0.29) is 29.1 Å². The number of nitrogens with zero attached hydrogens (tertiary/aromatic N) is 2. The molecular weight excluding hydrogens is 574 g/mol. The summed E-state index contributed by atoms with van der Waals surface area (Å²) in [6.45, 7) is 3.45. The molecule has 1 aliphatic carbocycles. The van der Waals surface area contributed by atoms with E-state index in [1.807, 2.05) is 38.1 Å². The minimum absolute atomic E-state index is 0.00690. The number of sulfonamides is 1. The van der Waals surface area contributed by atoms with Crippen LogP contribution in [-0.4, -0.2) is 50.9 Å². The molecule has 1 saturated carbocycles. The summed E-state index contributed by atoms with van der Waals surface area (Å²) in [7, 11) is -2.71. The molecule has 2 amide bonds. The minimum atomic E-state index is -4.21. The first kappa shape index (κ1) is 31.4. The zero-order valence-corrected chi connectivity index (χ0v) is 25.8. The van der Waals surface area contributed by atoms with Crippen LogP contribution >= 0.6 is 11.6 Å². The molecule has 0 heterocycles. The Morgan fingerprint density at radius 3 is 2.33 bits per heavy atom. The van der Waals surface area contributed by atoms with Crippen molar-refractivity contribution in [1.82, 2.24) is 10.2 Å². The van der Waals surface area contributed by atoms with Crippen molar-refractivity contribution in [2.75, 3.05) is 18.0 Å². The van der Waals surface area contributed by atoms with Crippen LogP contribution in [0.15, 0.2) is 77.7 Å². The molecule has 0 aliphatic heterocycles. The highest BCUT2D eigenvalue weighted by Crippen LogP contribution is 2.28. The van der Waals surface area contributed by atoms with E-state index in [0.29, 0.717) is 17.2 Å². The van der Waals surface area contributed by atoms with E-state index >= 15 is 0 Å². The number of methoxy groups -OCH3 is 1. The lowest BCUT2D eigenvalue weighted by Gasteiger charge is -2.34. The number of rotatable bonds is 12. The molecule has 0 bridgehead atoms. The average Bonchev–Trinajstić information content (AvgIpc) is 3.49. The second-order valence-electron chi connectivity index (χ2n) is 10.5. The number of hydrogen-bond acceptors (Lipinski definition) is 5. The summed E-state index contributed by atoms with van der Waals surface area (Å²) in [5, 5.41) is 3.46. The smallest absolute Gasteiger partial charge is 0.264 e. The van der Waals surface area contributed by atoms with Crippen LogP contribution in [0.5, 0.6) is 5.75 Å². The molecule has 1 N–H and O–H groups in total. The number of benzene rings is 3. The van der Waals surface area contributed by atoms with Crippen molar-refractivity contribution in [2.24, 2.45) is 0 Å². The molecule has 224 valence electrons. The van der Waals surface area contributed by atoms with Crippen molar-refractivity contribution in [3.8, 4) is 5.75 Å². The highest BCUT2D eigenvalue weighted by Gasteiger charge is 2.34. The largest absolute Gasteiger partial charge is 0.497 e. The van der Waals surface area contributed by atoms with Crippen molar-refractivity contribution < 1.29 is 22.7 Å². The molecule has 0 aromatic heterocycles. The van der Waals surface area contributed by atoms with E-state index in [0.717, 1.165) is 41.1 Å². The van der Waals surface area contributed by atoms with Gasteiger partial charge in [0.25, 0.3) is 10.0 Å². The van der Waals surface area contributed by atoms with Gasteiger partial charge in [-0.15, -0.1) is 0 Å². The first-order valence-corrected chi connectivity index (χ1v) is 16.0. The number of hydrogen-bond donors (Lipinski definition) is 1. The summed E-state index contributed by atoms with van der Waals surface area (Å²) in [5.74, 6) is -0.217. The van der Waals surface area contributed by atoms with E-state index in [1.165, 1.54) is 30.2 Å². The molecular formula is C32H38ClN3O5S. The van der Waals surface area contributed by atoms with Crippen molar-refractivity contribution in [3.63, 3.8) is 0 Å². The third-order valence-corrected chi connectivity index (χ3v) is 9.74. The maximum atomic E-state index is 14.2. The number of aryl methyl sites for hydroxylation is 1. The lowest BCUT2D eigenvalue weighted by Crippen LogP contribution is -2.53. The number of carbonyl (C=O) groups is 2. The molecule has 0 unspecified atom stereocenters. The van der Waals surface area contributed by atoms with Crippen molar-refractivity contribution in [3.05, 3.63) is 88.9 Å². The number of halogens is 1. The predicted octanol–water partition coefficient (Wildman–Crippen LogP) is 5.72. The molecule has 0 radical (unpaired) electrons. The van der Waals surface area contributed by atoms with Gasteiger partial charge in [0.1, 0.15) is 18.3 Å². The summed E-state index contributed by atoms with van der Waals surface area (Å²) in [5.41, 5.74) is 2.09. The van der Waals surface area contributed by atoms with Gasteiger partial charge >= 0.3 is 0 Å². The van der Waals surface area contributed by atoms with E-state index in [4.69, 9.17) is 16.3 Å². The van der Waals surface area contributed by atoms with Gasteiger partial charge in [-0.3, -0.25) is 13.9 Å². The van der Waals surface area contributed by atoms with Gasteiger partial charge in [0.05, 0.1) is 17.7 Å². The van der Waals surface area contributed by atoms with Crippen LogP contribution < -0.4 is 14.4 Å². The Labute approximate surface area is 253 Å². The monoisotopic (exact) mass is 611 g/mol. The SMILES string of the molecule is CC[C@@H](C(=O)NC1CCCC1)N(Cc1ccccc1C)C(=O)CN(c1cccc(Cl)c1)S(=O)(=O)c1ccc(OC)cc1.